The van der Waals surface area contributed by atoms with Gasteiger partial charge in [-0.15, -0.1) is 0 Å². The molecule has 0 saturated carbocycles. The first-order valence-electron chi connectivity index (χ1n) is 20.1. The minimum absolute atomic E-state index is 0.750. The zero-order chi connectivity index (χ0) is 39.6. The van der Waals surface area contributed by atoms with Gasteiger partial charge in [0.25, 0.3) is 0 Å². The van der Waals surface area contributed by atoms with Crippen LogP contribution in [0.4, 0.5) is 0 Å². The molecule has 2 heterocycles. The first-order chi connectivity index (χ1) is 29.8. The average molecular weight is 761 g/mol. The standard InChI is InChI=1S/C56H32N4/c1-2-15-35(16-3-1)36-17-12-18-37(31-36)38-19-13-20-39(32-38)40-29-14-30-49(50-33-57-53-45-25-8-4-21-41(45)43-23-6-10-27-47(43)55(53)59-50)52(40)51-34-58-54-46-26-9-5-22-42(46)44-24-7-11-28-48(44)56(54)60-51/h1-2,4-31,33-34H. The zero-order valence-corrected chi connectivity index (χ0v) is 32.3. The van der Waals surface area contributed by atoms with Crippen molar-refractivity contribution >= 4 is 65.2 Å². The fourth-order valence-electron chi connectivity index (χ4n) is 9.00. The Hall–Kier alpha value is -8.08. The summed E-state index contributed by atoms with van der Waals surface area (Å²) in [5.74, 6) is 0. The quantitative estimate of drug-likeness (QED) is 0.164. The van der Waals surface area contributed by atoms with Crippen LogP contribution in [0, 0.1) is 12.1 Å². The first-order valence-corrected chi connectivity index (χ1v) is 20.1. The fourth-order valence-corrected chi connectivity index (χ4v) is 9.00. The van der Waals surface area contributed by atoms with Crippen LogP contribution in [0.25, 0.3) is 121 Å². The number of fused-ring (bicyclic) bond motifs is 12. The van der Waals surface area contributed by atoms with Crippen LogP contribution in [0.1, 0.15) is 0 Å². The minimum Gasteiger partial charge on any atom is -0.252 e. The van der Waals surface area contributed by atoms with E-state index in [1.54, 1.807) is 0 Å². The molecular weight excluding hydrogens is 729 g/mol. The maximum absolute atomic E-state index is 5.55. The predicted molar refractivity (Wildman–Crippen MR) is 248 cm³/mol. The van der Waals surface area contributed by atoms with E-state index in [-0.39, 0.29) is 0 Å². The SMILES string of the molecule is [c]1cccc(-c2cccc(-c3[c]c(-c4cccc(-c5cnc6c7ccccc7c7ccccc7c6n5)c4-c4cnc5c6ccccc6c6ccccc6c5n4)ccc3)c2)c1. The molecule has 0 bridgehead atoms. The first kappa shape index (κ1) is 34.0. The van der Waals surface area contributed by atoms with E-state index >= 15 is 0 Å². The van der Waals surface area contributed by atoms with E-state index in [1.165, 1.54) is 5.39 Å². The summed E-state index contributed by atoms with van der Waals surface area (Å²) in [6, 6.07) is 70.4. The lowest BCUT2D eigenvalue weighted by Crippen LogP contribution is -1.98. The summed E-state index contributed by atoms with van der Waals surface area (Å²) < 4.78 is 0. The molecule has 0 aliphatic rings. The van der Waals surface area contributed by atoms with E-state index in [2.05, 4.69) is 176 Å². The van der Waals surface area contributed by atoms with Crippen molar-refractivity contribution in [3.8, 4) is 55.9 Å². The second-order valence-corrected chi connectivity index (χ2v) is 15.2. The second-order valence-electron chi connectivity index (χ2n) is 15.2. The third-order valence-electron chi connectivity index (χ3n) is 11.7. The topological polar surface area (TPSA) is 51.6 Å². The van der Waals surface area contributed by atoms with Crippen molar-refractivity contribution in [1.29, 1.82) is 0 Å². The van der Waals surface area contributed by atoms with Gasteiger partial charge in [0.1, 0.15) is 0 Å². The summed E-state index contributed by atoms with van der Waals surface area (Å²) in [6.07, 6.45) is 3.84. The lowest BCUT2D eigenvalue weighted by molar-refractivity contribution is 1.28. The van der Waals surface area contributed by atoms with Crippen LogP contribution in [-0.4, -0.2) is 19.9 Å². The molecule has 0 N–H and O–H groups in total. The highest BCUT2D eigenvalue weighted by Crippen LogP contribution is 2.43. The van der Waals surface area contributed by atoms with Gasteiger partial charge in [-0.2, -0.15) is 0 Å². The Labute approximate surface area is 346 Å². The van der Waals surface area contributed by atoms with Gasteiger partial charge in [-0.05, 0) is 79.2 Å². The molecule has 10 aromatic carbocycles. The number of hydrogen-bond acceptors (Lipinski definition) is 4. The van der Waals surface area contributed by atoms with Crippen molar-refractivity contribution in [3.05, 3.63) is 207 Å². The number of benzene rings is 10. The summed E-state index contributed by atoms with van der Waals surface area (Å²) in [5.41, 5.74) is 13.1. The molecule has 60 heavy (non-hydrogen) atoms. The van der Waals surface area contributed by atoms with Crippen molar-refractivity contribution < 1.29 is 0 Å². The molecule has 12 rings (SSSR count). The highest BCUT2D eigenvalue weighted by atomic mass is 14.8. The van der Waals surface area contributed by atoms with Crippen molar-refractivity contribution in [2.75, 3.05) is 0 Å². The van der Waals surface area contributed by atoms with Gasteiger partial charge >= 0.3 is 0 Å². The summed E-state index contributed by atoms with van der Waals surface area (Å²) in [6.45, 7) is 0. The van der Waals surface area contributed by atoms with Gasteiger partial charge < -0.3 is 0 Å². The minimum atomic E-state index is 0.750. The normalized spacial score (nSPS) is 11.7. The van der Waals surface area contributed by atoms with Crippen molar-refractivity contribution in [1.82, 2.24) is 19.9 Å². The van der Waals surface area contributed by atoms with Crippen LogP contribution in [0.3, 0.4) is 0 Å². The predicted octanol–water partition coefficient (Wildman–Crippen LogP) is 14.1. The van der Waals surface area contributed by atoms with E-state index in [0.29, 0.717) is 0 Å². The van der Waals surface area contributed by atoms with Crippen molar-refractivity contribution in [2.45, 2.75) is 0 Å². The molecule has 0 aliphatic carbocycles. The van der Waals surface area contributed by atoms with E-state index in [4.69, 9.17) is 19.9 Å². The van der Waals surface area contributed by atoms with Crippen LogP contribution >= 0.6 is 0 Å². The second kappa shape index (κ2) is 13.8. The van der Waals surface area contributed by atoms with Gasteiger partial charge in [-0.25, -0.2) is 9.97 Å². The molecule has 0 fully saturated rings. The molecule has 0 spiro atoms. The summed E-state index contributed by atoms with van der Waals surface area (Å²) >= 11 is 0. The molecule has 2 aromatic heterocycles. The zero-order valence-electron chi connectivity index (χ0n) is 32.3. The molecule has 0 atom stereocenters. The Kier molecular flexibility index (Phi) is 7.82. The third-order valence-corrected chi connectivity index (χ3v) is 11.7. The van der Waals surface area contributed by atoms with Gasteiger partial charge in [0.05, 0.1) is 45.8 Å². The summed E-state index contributed by atoms with van der Waals surface area (Å²) in [4.78, 5) is 21.4. The van der Waals surface area contributed by atoms with Gasteiger partial charge in [-0.1, -0.05) is 170 Å². The number of rotatable bonds is 5. The van der Waals surface area contributed by atoms with Crippen LogP contribution in [0.15, 0.2) is 194 Å². The van der Waals surface area contributed by atoms with Crippen LogP contribution < -0.4 is 0 Å². The number of nitrogens with zero attached hydrogens (tertiary/aromatic N) is 4. The number of aromatic nitrogens is 4. The fraction of sp³-hybridized carbons (Fsp3) is 0. The molecule has 0 unspecified atom stereocenters. The Balaban J connectivity index is 1.12. The van der Waals surface area contributed by atoms with Gasteiger partial charge in [0.2, 0.25) is 0 Å². The molecule has 0 aliphatic heterocycles. The Morgan fingerprint density at radius 1 is 0.350 bits per heavy atom. The van der Waals surface area contributed by atoms with Crippen LogP contribution in [0.5, 0.6) is 0 Å². The summed E-state index contributed by atoms with van der Waals surface area (Å²) in [5, 5.41) is 8.93. The Morgan fingerprint density at radius 3 is 1.45 bits per heavy atom. The molecule has 0 saturated heterocycles. The van der Waals surface area contributed by atoms with Gasteiger partial charge in [-0.3, -0.25) is 9.97 Å². The van der Waals surface area contributed by atoms with E-state index < -0.39 is 0 Å². The molecule has 0 amide bonds. The maximum Gasteiger partial charge on any atom is 0.0979 e. The van der Waals surface area contributed by atoms with Gasteiger partial charge in [0, 0.05) is 32.7 Å². The van der Waals surface area contributed by atoms with E-state index in [0.717, 1.165) is 116 Å². The largest absolute Gasteiger partial charge is 0.252 e. The van der Waals surface area contributed by atoms with Gasteiger partial charge in [0.15, 0.2) is 0 Å². The number of hydrogen-bond donors (Lipinski definition) is 0. The Morgan fingerprint density at radius 2 is 0.833 bits per heavy atom. The van der Waals surface area contributed by atoms with Crippen molar-refractivity contribution in [3.63, 3.8) is 0 Å². The highest BCUT2D eigenvalue weighted by Gasteiger charge is 2.21. The smallest absolute Gasteiger partial charge is 0.0979 e. The average Bonchev–Trinajstić information content (AvgIpc) is 3.34. The molecule has 2 radical (unpaired) electrons. The molecule has 12 aromatic rings. The highest BCUT2D eigenvalue weighted by molar-refractivity contribution is 6.24. The van der Waals surface area contributed by atoms with Crippen molar-refractivity contribution in [2.24, 2.45) is 0 Å². The molecule has 4 heteroatoms. The lowest BCUT2D eigenvalue weighted by Gasteiger charge is -2.17. The van der Waals surface area contributed by atoms with Crippen LogP contribution in [0.2, 0.25) is 0 Å². The third kappa shape index (κ3) is 5.46. The van der Waals surface area contributed by atoms with E-state index in [1.807, 2.05) is 30.6 Å². The summed E-state index contributed by atoms with van der Waals surface area (Å²) in [7, 11) is 0. The lowest BCUT2D eigenvalue weighted by atomic mass is 9.90. The van der Waals surface area contributed by atoms with Crippen LogP contribution in [-0.2, 0) is 0 Å². The maximum atomic E-state index is 5.55. The Bertz CT molecular complexity index is 3600. The monoisotopic (exact) mass is 760 g/mol. The molecular formula is C56H32N4. The molecule has 276 valence electrons. The molecule has 4 nitrogen and oxygen atoms in total. The van der Waals surface area contributed by atoms with E-state index in [9.17, 15) is 0 Å².